The van der Waals surface area contributed by atoms with E-state index in [4.69, 9.17) is 0 Å². The molecule has 0 aromatic heterocycles. The van der Waals surface area contributed by atoms with Gasteiger partial charge in [0.25, 0.3) is 0 Å². The molecule has 4 aromatic rings. The number of rotatable bonds is 3. The van der Waals surface area contributed by atoms with Crippen LogP contribution in [-0.4, -0.2) is 0 Å². The minimum Gasteiger partial charge on any atom is -0.0842 e. The van der Waals surface area contributed by atoms with Gasteiger partial charge in [-0.25, -0.2) is 0 Å². The zero-order valence-corrected chi connectivity index (χ0v) is 20.3. The van der Waals surface area contributed by atoms with Crippen LogP contribution >= 0.6 is 0 Å². The smallest absolute Gasteiger partial charge is 0.0137 e. The van der Waals surface area contributed by atoms with E-state index in [0.717, 1.165) is 12.8 Å². The largest absolute Gasteiger partial charge is 0.0842 e. The highest BCUT2D eigenvalue weighted by Crippen LogP contribution is 2.42. The van der Waals surface area contributed by atoms with Gasteiger partial charge in [0.05, 0.1) is 0 Å². The third kappa shape index (κ3) is 3.53. The summed E-state index contributed by atoms with van der Waals surface area (Å²) in [4.78, 5) is 0. The first kappa shape index (κ1) is 21.1. The lowest BCUT2D eigenvalue weighted by Crippen LogP contribution is -2.40. The van der Waals surface area contributed by atoms with E-state index in [1.165, 1.54) is 54.6 Å². The molecule has 0 spiro atoms. The molecule has 0 radical (unpaired) electrons. The van der Waals surface area contributed by atoms with Crippen LogP contribution in [0.2, 0.25) is 0 Å². The number of benzene rings is 4. The number of allylic oxidation sites excluding steroid dienone is 8. The monoisotopic (exact) mass is 460 g/mol. The summed E-state index contributed by atoms with van der Waals surface area (Å²) in [5.74, 6) is 0.710. The third-order valence-corrected chi connectivity index (χ3v) is 7.93. The van der Waals surface area contributed by atoms with Crippen molar-refractivity contribution in [2.45, 2.75) is 12.8 Å². The highest BCUT2D eigenvalue weighted by atomic mass is 14.3. The van der Waals surface area contributed by atoms with E-state index < -0.39 is 0 Å². The van der Waals surface area contributed by atoms with Gasteiger partial charge >= 0.3 is 0 Å². The van der Waals surface area contributed by atoms with Gasteiger partial charge in [0.1, 0.15) is 0 Å². The van der Waals surface area contributed by atoms with Crippen molar-refractivity contribution in [1.29, 1.82) is 0 Å². The summed E-state index contributed by atoms with van der Waals surface area (Å²) in [5, 5.41) is 5.35. The van der Waals surface area contributed by atoms with Gasteiger partial charge in [-0.05, 0) is 79.6 Å². The minimum atomic E-state index is 0.341. The molecule has 2 atom stereocenters. The molecule has 172 valence electrons. The van der Waals surface area contributed by atoms with Crippen LogP contribution in [0.25, 0.3) is 33.0 Å². The second kappa shape index (κ2) is 8.81. The van der Waals surface area contributed by atoms with Gasteiger partial charge < -0.3 is 0 Å². The quantitative estimate of drug-likeness (QED) is 0.297. The average molecular weight is 461 g/mol. The van der Waals surface area contributed by atoms with Gasteiger partial charge in [-0.1, -0.05) is 121 Å². The van der Waals surface area contributed by atoms with Crippen molar-refractivity contribution < 1.29 is 0 Å². The Morgan fingerprint density at radius 3 is 1.89 bits per heavy atom. The molecule has 0 aliphatic heterocycles. The Labute approximate surface area is 212 Å². The Morgan fingerprint density at radius 1 is 0.528 bits per heavy atom. The normalized spacial score (nSPS) is 20.3. The molecular formula is C36H28. The molecule has 3 aliphatic carbocycles. The van der Waals surface area contributed by atoms with Gasteiger partial charge in [-0.2, -0.15) is 0 Å². The first-order chi connectivity index (χ1) is 17.9. The highest BCUT2D eigenvalue weighted by Gasteiger charge is 2.32. The maximum Gasteiger partial charge on any atom is 0.0137 e. The second-order valence-corrected chi connectivity index (χ2v) is 10.00. The van der Waals surface area contributed by atoms with E-state index in [1.807, 2.05) is 0 Å². The Morgan fingerprint density at radius 2 is 1.17 bits per heavy atom. The maximum atomic E-state index is 2.42. The number of hydrogen-bond donors (Lipinski definition) is 0. The molecule has 7 rings (SSSR count). The van der Waals surface area contributed by atoms with Crippen molar-refractivity contribution in [2.24, 2.45) is 11.8 Å². The van der Waals surface area contributed by atoms with Crippen molar-refractivity contribution in [1.82, 2.24) is 0 Å². The predicted molar refractivity (Wildman–Crippen MR) is 153 cm³/mol. The molecule has 0 fully saturated rings. The van der Waals surface area contributed by atoms with Crippen molar-refractivity contribution >= 4 is 21.9 Å². The van der Waals surface area contributed by atoms with Gasteiger partial charge in [-0.15, -0.1) is 0 Å². The van der Waals surface area contributed by atoms with E-state index in [-0.39, 0.29) is 0 Å². The van der Waals surface area contributed by atoms with E-state index in [0.29, 0.717) is 11.8 Å². The average Bonchev–Trinajstić information content (AvgIpc) is 2.96. The molecule has 36 heavy (non-hydrogen) atoms. The standard InChI is InChI=1S/C36H28/c1-3-11-25(12-4-1)27-19-20-29-24-30(22-21-28(29)23-27)36-33-17-9-7-15-31(33)35(26-13-5-2-6-14-26)32-16-8-10-18-34(32)36/h1-5,7-13,15-24,31,33H,6,14H2. The molecule has 4 aromatic carbocycles. The van der Waals surface area contributed by atoms with Gasteiger partial charge in [-0.3, -0.25) is 0 Å². The lowest BCUT2D eigenvalue weighted by atomic mass is 9.69. The lowest BCUT2D eigenvalue weighted by molar-refractivity contribution is 0.679. The minimum absolute atomic E-state index is 0.341. The van der Waals surface area contributed by atoms with E-state index in [1.54, 1.807) is 0 Å². The summed E-state index contributed by atoms with van der Waals surface area (Å²) in [5.41, 5.74) is 8.30. The van der Waals surface area contributed by atoms with Crippen LogP contribution in [0.4, 0.5) is 0 Å². The van der Waals surface area contributed by atoms with Crippen LogP contribution in [0.1, 0.15) is 18.4 Å². The van der Waals surface area contributed by atoms with Crippen LogP contribution in [0.3, 0.4) is 0 Å². The summed E-state index contributed by atoms with van der Waals surface area (Å²) in [6.45, 7) is 0. The summed E-state index contributed by atoms with van der Waals surface area (Å²) < 4.78 is 0. The second-order valence-electron chi connectivity index (χ2n) is 10.00. The zero-order valence-electron chi connectivity index (χ0n) is 20.3. The maximum absolute atomic E-state index is 2.42. The lowest BCUT2D eigenvalue weighted by Gasteiger charge is -2.34. The summed E-state index contributed by atoms with van der Waals surface area (Å²) in [6.07, 6.45) is 18.4. The first-order valence-electron chi connectivity index (χ1n) is 13.0. The molecule has 0 saturated carbocycles. The van der Waals surface area contributed by atoms with E-state index >= 15 is 0 Å². The van der Waals surface area contributed by atoms with Gasteiger partial charge in [0.15, 0.2) is 0 Å². The molecule has 0 saturated heterocycles. The van der Waals surface area contributed by atoms with Crippen molar-refractivity contribution in [2.75, 3.05) is 0 Å². The Hall–Kier alpha value is -4.16. The molecule has 0 bridgehead atoms. The molecule has 0 N–H and O–H groups in total. The fraction of sp³-hybridized carbons (Fsp3) is 0.111. The first-order valence-corrected chi connectivity index (χ1v) is 13.0. The molecule has 3 aliphatic rings. The van der Waals surface area contributed by atoms with Crippen LogP contribution in [-0.2, 0) is 0 Å². The summed E-state index contributed by atoms with van der Waals surface area (Å²) in [6, 6.07) is 33.6. The molecule has 0 nitrogen and oxygen atoms in total. The van der Waals surface area contributed by atoms with Gasteiger partial charge in [0, 0.05) is 11.8 Å². The SMILES string of the molecule is C1=CCCC(C2=c3ccccc3=C(c3ccc4cc(-c5ccccc5)ccc4c3)C3C=CC=CC23)=C1. The Bertz CT molecular complexity index is 1720. The Balaban J connectivity index is 1.45. The van der Waals surface area contributed by atoms with E-state index in [9.17, 15) is 0 Å². The molecule has 0 heteroatoms. The topological polar surface area (TPSA) is 0 Å². The summed E-state index contributed by atoms with van der Waals surface area (Å²) >= 11 is 0. The number of hydrogen-bond acceptors (Lipinski definition) is 0. The van der Waals surface area contributed by atoms with Crippen molar-refractivity contribution in [3.8, 4) is 11.1 Å². The molecular weight excluding hydrogens is 432 g/mol. The number of fused-ring (bicyclic) bond motifs is 3. The highest BCUT2D eigenvalue weighted by molar-refractivity contribution is 5.91. The van der Waals surface area contributed by atoms with Crippen molar-refractivity contribution in [3.05, 3.63) is 155 Å². The molecule has 0 heterocycles. The Kier molecular flexibility index (Phi) is 5.17. The van der Waals surface area contributed by atoms with Gasteiger partial charge in [0.2, 0.25) is 0 Å². The fourth-order valence-corrected chi connectivity index (χ4v) is 6.26. The molecule has 2 unspecified atom stereocenters. The van der Waals surface area contributed by atoms with Crippen LogP contribution < -0.4 is 10.4 Å². The zero-order chi connectivity index (χ0) is 23.9. The molecule has 0 amide bonds. The van der Waals surface area contributed by atoms with Crippen LogP contribution in [0.5, 0.6) is 0 Å². The van der Waals surface area contributed by atoms with E-state index in [2.05, 4.69) is 134 Å². The summed E-state index contributed by atoms with van der Waals surface area (Å²) in [7, 11) is 0. The van der Waals surface area contributed by atoms with Crippen LogP contribution in [0.15, 0.2) is 139 Å². The third-order valence-electron chi connectivity index (χ3n) is 7.93. The van der Waals surface area contributed by atoms with Crippen LogP contribution in [0, 0.1) is 11.8 Å². The predicted octanol–water partition coefficient (Wildman–Crippen LogP) is 7.50. The fourth-order valence-electron chi connectivity index (χ4n) is 6.26. The van der Waals surface area contributed by atoms with Crippen molar-refractivity contribution in [3.63, 3.8) is 0 Å².